The van der Waals surface area contributed by atoms with Gasteiger partial charge in [-0.25, -0.2) is 0 Å². The molecule has 1 aliphatic rings. The normalized spacial score (nSPS) is 16.2. The summed E-state index contributed by atoms with van der Waals surface area (Å²) >= 11 is 0. The van der Waals surface area contributed by atoms with Gasteiger partial charge in [-0.1, -0.05) is 24.3 Å². The van der Waals surface area contributed by atoms with Crippen molar-refractivity contribution in [2.45, 2.75) is 19.9 Å². The minimum atomic E-state index is -0.812. The Morgan fingerprint density at radius 3 is 2.47 bits per heavy atom. The Labute approximate surface area is 184 Å². The van der Waals surface area contributed by atoms with E-state index in [9.17, 15) is 14.7 Å². The van der Waals surface area contributed by atoms with Crippen LogP contribution in [0.3, 0.4) is 0 Å². The summed E-state index contributed by atoms with van der Waals surface area (Å²) < 4.78 is 5.75. The maximum Gasteiger partial charge on any atom is 0.294 e. The summed E-state index contributed by atoms with van der Waals surface area (Å²) in [5, 5.41) is 11.6. The molecule has 5 rings (SSSR count). The van der Waals surface area contributed by atoms with Crippen LogP contribution in [0.25, 0.3) is 11.0 Å². The van der Waals surface area contributed by atoms with Crippen LogP contribution < -0.4 is 4.90 Å². The van der Waals surface area contributed by atoms with Gasteiger partial charge in [-0.05, 0) is 66.9 Å². The lowest BCUT2D eigenvalue weighted by atomic mass is 9.95. The maximum atomic E-state index is 13.5. The third kappa shape index (κ3) is 3.08. The molecule has 1 atom stereocenters. The Hall–Kier alpha value is -4.19. The standard InChI is InChI=1S/C26H20N2O4/c1-15-7-8-19(13-16(15)2)28-23(17-9-11-27-12-10-17)22(25(30)26(28)31)24(29)21-14-18-5-3-4-6-20(18)32-21/h3-14,23,30H,1-2H3. The molecule has 0 aliphatic carbocycles. The molecule has 6 nitrogen and oxygen atoms in total. The van der Waals surface area contributed by atoms with Crippen LogP contribution in [-0.4, -0.2) is 21.8 Å². The summed E-state index contributed by atoms with van der Waals surface area (Å²) in [5.41, 5.74) is 3.89. The van der Waals surface area contributed by atoms with Crippen molar-refractivity contribution >= 4 is 28.3 Å². The smallest absolute Gasteiger partial charge is 0.294 e. The quantitative estimate of drug-likeness (QED) is 0.454. The molecular formula is C26H20N2O4. The van der Waals surface area contributed by atoms with Gasteiger partial charge in [0.15, 0.2) is 11.5 Å². The van der Waals surface area contributed by atoms with E-state index in [4.69, 9.17) is 4.42 Å². The zero-order chi connectivity index (χ0) is 22.4. The number of para-hydroxylation sites is 1. The molecule has 1 aliphatic heterocycles. The lowest BCUT2D eigenvalue weighted by Crippen LogP contribution is -2.31. The molecule has 0 fully saturated rings. The minimum absolute atomic E-state index is 0.0153. The van der Waals surface area contributed by atoms with E-state index in [0.29, 0.717) is 16.8 Å². The van der Waals surface area contributed by atoms with Gasteiger partial charge in [-0.15, -0.1) is 0 Å². The molecule has 158 valence electrons. The number of carbonyl (C=O) groups is 2. The predicted octanol–water partition coefficient (Wildman–Crippen LogP) is 5.23. The molecular weight excluding hydrogens is 404 g/mol. The van der Waals surface area contributed by atoms with Crippen LogP contribution in [0, 0.1) is 13.8 Å². The first-order valence-electron chi connectivity index (χ1n) is 10.2. The molecule has 1 unspecified atom stereocenters. The maximum absolute atomic E-state index is 13.5. The molecule has 0 spiro atoms. The second-order valence-electron chi connectivity index (χ2n) is 7.87. The summed E-state index contributed by atoms with van der Waals surface area (Å²) in [6, 6.07) is 17.2. The average Bonchev–Trinajstić information content (AvgIpc) is 3.35. The summed E-state index contributed by atoms with van der Waals surface area (Å²) in [5.74, 6) is -1.66. The van der Waals surface area contributed by atoms with Gasteiger partial charge in [0.2, 0.25) is 5.78 Å². The Balaban J connectivity index is 1.66. The fourth-order valence-electron chi connectivity index (χ4n) is 4.07. The number of aromatic nitrogens is 1. The van der Waals surface area contributed by atoms with Gasteiger partial charge in [-0.2, -0.15) is 0 Å². The van der Waals surface area contributed by atoms with Crippen molar-refractivity contribution in [3.05, 3.63) is 107 Å². The third-order valence-electron chi connectivity index (χ3n) is 5.89. The number of benzene rings is 2. The van der Waals surface area contributed by atoms with Crippen molar-refractivity contribution in [2.24, 2.45) is 0 Å². The number of amides is 1. The van der Waals surface area contributed by atoms with Gasteiger partial charge in [-0.3, -0.25) is 19.5 Å². The number of carbonyl (C=O) groups excluding carboxylic acids is 2. The van der Waals surface area contributed by atoms with Crippen molar-refractivity contribution in [1.82, 2.24) is 4.98 Å². The Bertz CT molecular complexity index is 1370. The molecule has 2 aromatic carbocycles. The topological polar surface area (TPSA) is 83.6 Å². The summed E-state index contributed by atoms with van der Waals surface area (Å²) in [7, 11) is 0. The Morgan fingerprint density at radius 1 is 1.00 bits per heavy atom. The molecule has 32 heavy (non-hydrogen) atoms. The van der Waals surface area contributed by atoms with Crippen LogP contribution in [0.5, 0.6) is 0 Å². The van der Waals surface area contributed by atoms with Gasteiger partial charge in [0.1, 0.15) is 5.58 Å². The number of hydrogen-bond acceptors (Lipinski definition) is 5. The number of anilines is 1. The number of ketones is 1. The lowest BCUT2D eigenvalue weighted by Gasteiger charge is -2.27. The molecule has 0 radical (unpaired) electrons. The van der Waals surface area contributed by atoms with Crippen LogP contribution >= 0.6 is 0 Å². The highest BCUT2D eigenvalue weighted by Crippen LogP contribution is 2.42. The summed E-state index contributed by atoms with van der Waals surface area (Å²) in [4.78, 5) is 32.3. The fraction of sp³-hybridized carbons (Fsp3) is 0.115. The van der Waals surface area contributed by atoms with Crippen molar-refractivity contribution in [3.63, 3.8) is 0 Å². The van der Waals surface area contributed by atoms with Crippen LogP contribution in [0.2, 0.25) is 0 Å². The van der Waals surface area contributed by atoms with Crippen LogP contribution in [0.4, 0.5) is 5.69 Å². The first-order chi connectivity index (χ1) is 15.5. The van der Waals surface area contributed by atoms with Gasteiger partial charge < -0.3 is 9.52 Å². The average molecular weight is 424 g/mol. The number of aryl methyl sites for hydroxylation is 2. The van der Waals surface area contributed by atoms with E-state index in [1.165, 1.54) is 4.90 Å². The van der Waals surface area contributed by atoms with E-state index in [0.717, 1.165) is 16.5 Å². The molecule has 1 N–H and O–H groups in total. The first kappa shape index (κ1) is 19.8. The second-order valence-corrected chi connectivity index (χ2v) is 7.87. The molecule has 2 aromatic heterocycles. The zero-order valence-corrected chi connectivity index (χ0v) is 17.6. The molecule has 0 saturated heterocycles. The van der Waals surface area contributed by atoms with Crippen molar-refractivity contribution < 1.29 is 19.1 Å². The number of fused-ring (bicyclic) bond motifs is 1. The zero-order valence-electron chi connectivity index (χ0n) is 17.6. The summed E-state index contributed by atoms with van der Waals surface area (Å²) in [6.07, 6.45) is 3.19. The number of Topliss-reactive ketones (excluding diaryl/α,β-unsaturated/α-hetero) is 1. The molecule has 6 heteroatoms. The molecule has 3 heterocycles. The van der Waals surface area contributed by atoms with E-state index in [-0.39, 0.29) is 11.3 Å². The number of pyridine rings is 1. The highest BCUT2D eigenvalue weighted by atomic mass is 16.3. The number of hydrogen-bond donors (Lipinski definition) is 1. The molecule has 0 saturated carbocycles. The number of rotatable bonds is 4. The van der Waals surface area contributed by atoms with Gasteiger partial charge in [0.25, 0.3) is 5.91 Å². The fourth-order valence-corrected chi connectivity index (χ4v) is 4.07. The van der Waals surface area contributed by atoms with Crippen molar-refractivity contribution in [3.8, 4) is 0 Å². The number of aliphatic hydroxyl groups excluding tert-OH is 1. The number of nitrogens with zero attached hydrogens (tertiary/aromatic N) is 2. The van der Waals surface area contributed by atoms with Crippen molar-refractivity contribution in [2.75, 3.05) is 4.90 Å². The largest absolute Gasteiger partial charge is 0.503 e. The minimum Gasteiger partial charge on any atom is -0.503 e. The van der Waals surface area contributed by atoms with Gasteiger partial charge in [0, 0.05) is 23.5 Å². The van der Waals surface area contributed by atoms with E-state index in [1.807, 2.05) is 50.2 Å². The van der Waals surface area contributed by atoms with E-state index < -0.39 is 23.5 Å². The third-order valence-corrected chi connectivity index (χ3v) is 5.89. The highest BCUT2D eigenvalue weighted by molar-refractivity contribution is 6.20. The first-order valence-corrected chi connectivity index (χ1v) is 10.2. The highest BCUT2D eigenvalue weighted by Gasteiger charge is 2.45. The molecule has 4 aromatic rings. The monoisotopic (exact) mass is 424 g/mol. The Morgan fingerprint density at radius 2 is 1.75 bits per heavy atom. The van der Waals surface area contributed by atoms with Crippen LogP contribution in [0.15, 0.2) is 88.8 Å². The van der Waals surface area contributed by atoms with E-state index in [2.05, 4.69) is 4.98 Å². The Kier molecular flexibility index (Phi) is 4.63. The lowest BCUT2D eigenvalue weighted by molar-refractivity contribution is -0.117. The number of aliphatic hydroxyl groups is 1. The van der Waals surface area contributed by atoms with Crippen LogP contribution in [-0.2, 0) is 4.79 Å². The predicted molar refractivity (Wildman–Crippen MR) is 121 cm³/mol. The molecule has 1 amide bonds. The van der Waals surface area contributed by atoms with Gasteiger partial charge in [0.05, 0.1) is 11.6 Å². The summed E-state index contributed by atoms with van der Waals surface area (Å²) in [6.45, 7) is 3.94. The van der Waals surface area contributed by atoms with E-state index in [1.54, 1.807) is 36.7 Å². The SMILES string of the molecule is Cc1ccc(N2C(=O)C(O)=C(C(=O)c3cc4ccccc4o3)C2c2ccncc2)cc1C. The second kappa shape index (κ2) is 7.50. The van der Waals surface area contributed by atoms with Crippen molar-refractivity contribution in [1.29, 1.82) is 0 Å². The molecule has 0 bridgehead atoms. The van der Waals surface area contributed by atoms with E-state index >= 15 is 0 Å². The van der Waals surface area contributed by atoms with Crippen LogP contribution in [0.1, 0.15) is 33.3 Å². The number of furan rings is 1. The van der Waals surface area contributed by atoms with Gasteiger partial charge >= 0.3 is 0 Å².